The highest BCUT2D eigenvalue weighted by Crippen LogP contribution is 2.50. The molecule has 344 valence electrons. The SMILES string of the molecule is C1=C(c2cc3ccc4cccc5ccc(c2)c3c45)C=C2N(C1)C(c1ccc3ccccc3c1)=C(c1ncnc(-c3c4ccccc4c(-c4ccccc4)c4cc5c(cc34)sc3ccccc35)n1)N2c1ccccc1. The van der Waals surface area contributed by atoms with Gasteiger partial charge in [-0.05, 0) is 142 Å². The van der Waals surface area contributed by atoms with Crippen molar-refractivity contribution in [3.05, 3.63) is 260 Å². The number of benzene rings is 12. The van der Waals surface area contributed by atoms with Crippen LogP contribution in [0.15, 0.2) is 243 Å². The lowest BCUT2D eigenvalue weighted by atomic mass is 9.87. The number of fused-ring (bicyclic) bond motifs is 7. The minimum absolute atomic E-state index is 0.592. The summed E-state index contributed by atoms with van der Waals surface area (Å²) in [6.07, 6.45) is 6.46. The van der Waals surface area contributed by atoms with E-state index in [0.29, 0.717) is 18.2 Å². The fourth-order valence-corrected chi connectivity index (χ4v) is 13.3. The molecule has 0 spiro atoms. The standard InChI is InChI=1S/C68H41N5S/c1-3-15-42(16-4-1)63-53-23-9-10-24-54(53)64(57-39-59-55(38-56(57)63)52-22-11-12-25-58(52)74-59)67-69-40-70-68(71-67)66-65(49-31-26-41-14-7-8-17-45(41)34-49)72-33-32-46(37-60(72)73(66)51-20-5-2-6-21-51)50-35-47-29-27-43-18-13-19-44-28-30-48(36-50)62(47)61(43)44/h1-32,34-40H,33H2. The summed E-state index contributed by atoms with van der Waals surface area (Å²) in [7, 11) is 0. The van der Waals surface area contributed by atoms with E-state index >= 15 is 0 Å². The summed E-state index contributed by atoms with van der Waals surface area (Å²) in [5, 5.41) is 17.1. The van der Waals surface area contributed by atoms with Gasteiger partial charge in [-0.15, -0.1) is 11.3 Å². The smallest absolute Gasteiger partial charge is 0.182 e. The summed E-state index contributed by atoms with van der Waals surface area (Å²) in [6.45, 7) is 0.639. The molecule has 0 aliphatic carbocycles. The minimum atomic E-state index is 0.592. The zero-order chi connectivity index (χ0) is 48.4. The maximum Gasteiger partial charge on any atom is 0.182 e. The fourth-order valence-electron chi connectivity index (χ4n) is 12.2. The molecule has 0 fully saturated rings. The van der Waals surface area contributed by atoms with Crippen LogP contribution < -0.4 is 4.90 Å². The quantitative estimate of drug-likeness (QED) is 0.123. The van der Waals surface area contributed by atoms with Crippen molar-refractivity contribution in [2.75, 3.05) is 11.4 Å². The van der Waals surface area contributed by atoms with Crippen molar-refractivity contribution in [1.29, 1.82) is 0 Å². The van der Waals surface area contributed by atoms with Crippen LogP contribution in [0.3, 0.4) is 0 Å². The first-order valence-electron chi connectivity index (χ1n) is 25.2. The molecular weight excluding hydrogens is 919 g/mol. The Bertz CT molecular complexity index is 4700. The summed E-state index contributed by atoms with van der Waals surface area (Å²) in [5.41, 5.74) is 9.75. The topological polar surface area (TPSA) is 45.2 Å². The van der Waals surface area contributed by atoms with Gasteiger partial charge in [0.2, 0.25) is 0 Å². The summed E-state index contributed by atoms with van der Waals surface area (Å²) in [5.74, 6) is 2.25. The van der Waals surface area contributed by atoms with Gasteiger partial charge in [-0.2, -0.15) is 0 Å². The maximum absolute atomic E-state index is 5.69. The highest BCUT2D eigenvalue weighted by molar-refractivity contribution is 7.25. The monoisotopic (exact) mass is 959 g/mol. The molecule has 2 aromatic heterocycles. The van der Waals surface area contributed by atoms with E-state index in [4.69, 9.17) is 15.0 Å². The van der Waals surface area contributed by atoms with Crippen molar-refractivity contribution in [2.24, 2.45) is 0 Å². The number of hydrogen-bond acceptors (Lipinski definition) is 6. The molecule has 2 aliphatic rings. The second-order valence-corrected chi connectivity index (χ2v) is 20.6. The number of rotatable bonds is 6. The van der Waals surface area contributed by atoms with Crippen LogP contribution in [-0.2, 0) is 0 Å². The predicted octanol–water partition coefficient (Wildman–Crippen LogP) is 17.5. The number of allylic oxidation sites excluding steroid dienone is 2. The van der Waals surface area contributed by atoms with Crippen LogP contribution >= 0.6 is 11.3 Å². The van der Waals surface area contributed by atoms with Gasteiger partial charge < -0.3 is 4.90 Å². The van der Waals surface area contributed by atoms with Crippen LogP contribution in [0.5, 0.6) is 0 Å². The van der Waals surface area contributed by atoms with Crippen molar-refractivity contribution < 1.29 is 0 Å². The second kappa shape index (κ2) is 16.0. The van der Waals surface area contributed by atoms with Gasteiger partial charge in [0.15, 0.2) is 11.6 Å². The number of hydrogen-bond donors (Lipinski definition) is 0. The van der Waals surface area contributed by atoms with E-state index < -0.39 is 0 Å². The number of anilines is 1. The van der Waals surface area contributed by atoms with E-state index in [-0.39, 0.29) is 0 Å². The summed E-state index contributed by atoms with van der Waals surface area (Å²) >= 11 is 1.84. The lowest BCUT2D eigenvalue weighted by Crippen LogP contribution is -2.27. The van der Waals surface area contributed by atoms with Crippen LogP contribution in [0.4, 0.5) is 5.69 Å². The lowest BCUT2D eigenvalue weighted by Gasteiger charge is -2.30. The molecule has 0 unspecified atom stereocenters. The molecule has 12 aromatic carbocycles. The number of para-hydroxylation sites is 1. The van der Waals surface area contributed by atoms with Gasteiger partial charge in [-0.1, -0.05) is 176 Å². The maximum atomic E-state index is 5.69. The van der Waals surface area contributed by atoms with Crippen molar-refractivity contribution in [3.63, 3.8) is 0 Å². The third-order valence-electron chi connectivity index (χ3n) is 15.4. The second-order valence-electron chi connectivity index (χ2n) is 19.5. The lowest BCUT2D eigenvalue weighted by molar-refractivity contribution is 0.548. The zero-order valence-electron chi connectivity index (χ0n) is 39.9. The molecule has 74 heavy (non-hydrogen) atoms. The number of nitrogens with zero attached hydrogens (tertiary/aromatic N) is 5. The van der Waals surface area contributed by atoms with Crippen LogP contribution in [0.25, 0.3) is 124 Å². The van der Waals surface area contributed by atoms with Gasteiger partial charge >= 0.3 is 0 Å². The van der Waals surface area contributed by atoms with E-state index in [1.807, 2.05) is 11.3 Å². The molecule has 0 bridgehead atoms. The van der Waals surface area contributed by atoms with Crippen LogP contribution in [0.2, 0.25) is 0 Å². The average molecular weight is 960 g/mol. The molecule has 0 N–H and O–H groups in total. The molecule has 5 nitrogen and oxygen atoms in total. The fraction of sp³-hybridized carbons (Fsp3) is 0.0147. The summed E-state index contributed by atoms with van der Waals surface area (Å²) in [4.78, 5) is 20.8. The zero-order valence-corrected chi connectivity index (χ0v) is 40.7. The molecule has 0 saturated heterocycles. The largest absolute Gasteiger partial charge is 0.321 e. The van der Waals surface area contributed by atoms with Crippen molar-refractivity contribution in [1.82, 2.24) is 19.9 Å². The van der Waals surface area contributed by atoms with Crippen LogP contribution in [-0.4, -0.2) is 26.4 Å². The Balaban J connectivity index is 0.940. The van der Waals surface area contributed by atoms with Crippen molar-refractivity contribution >= 4 is 119 Å². The summed E-state index contributed by atoms with van der Waals surface area (Å²) < 4.78 is 2.50. The molecule has 16 rings (SSSR count). The van der Waals surface area contributed by atoms with Crippen LogP contribution in [0, 0.1) is 0 Å². The molecule has 4 heterocycles. The van der Waals surface area contributed by atoms with E-state index in [0.717, 1.165) is 50.2 Å². The Labute approximate surface area is 429 Å². The normalized spacial score (nSPS) is 13.9. The Morgan fingerprint density at radius 1 is 0.392 bits per heavy atom. The third-order valence-corrected chi connectivity index (χ3v) is 16.6. The number of aromatic nitrogens is 3. The minimum Gasteiger partial charge on any atom is -0.321 e. The first kappa shape index (κ1) is 41.2. The highest BCUT2D eigenvalue weighted by atomic mass is 32.1. The summed E-state index contributed by atoms with van der Waals surface area (Å²) in [6, 6.07) is 79.7. The van der Waals surface area contributed by atoms with Crippen molar-refractivity contribution in [2.45, 2.75) is 0 Å². The molecule has 0 atom stereocenters. The van der Waals surface area contributed by atoms with E-state index in [9.17, 15) is 0 Å². The van der Waals surface area contributed by atoms with Gasteiger partial charge in [-0.25, -0.2) is 15.0 Å². The Morgan fingerprint density at radius 3 is 1.80 bits per heavy atom. The van der Waals surface area contributed by atoms with Gasteiger partial charge in [0.25, 0.3) is 0 Å². The predicted molar refractivity (Wildman–Crippen MR) is 311 cm³/mol. The Kier molecular flexibility index (Phi) is 8.90. The van der Waals surface area contributed by atoms with Gasteiger partial charge in [-0.3, -0.25) is 4.90 Å². The van der Waals surface area contributed by atoms with Crippen molar-refractivity contribution in [3.8, 4) is 22.5 Å². The molecular formula is C68H41N5S. The third kappa shape index (κ3) is 6.19. The van der Waals surface area contributed by atoms with Gasteiger partial charge in [0.05, 0.1) is 5.70 Å². The molecule has 0 saturated carbocycles. The molecule has 6 heteroatoms. The highest BCUT2D eigenvalue weighted by Gasteiger charge is 2.39. The first-order valence-corrected chi connectivity index (χ1v) is 26.0. The molecule has 0 amide bonds. The average Bonchev–Trinajstić information content (AvgIpc) is 4.02. The van der Waals surface area contributed by atoms with E-state index in [2.05, 4.69) is 240 Å². The number of thiophene rings is 1. The Hall–Kier alpha value is -9.49. The van der Waals surface area contributed by atoms with E-state index in [1.54, 1.807) is 6.33 Å². The van der Waals surface area contributed by atoms with Crippen LogP contribution in [0.1, 0.15) is 17.0 Å². The first-order chi connectivity index (χ1) is 36.7. The Morgan fingerprint density at radius 2 is 1.00 bits per heavy atom. The molecule has 14 aromatic rings. The molecule has 2 aliphatic heterocycles. The molecule has 0 radical (unpaired) electrons. The van der Waals surface area contributed by atoms with E-state index in [1.165, 1.54) is 90.9 Å². The van der Waals surface area contributed by atoms with Gasteiger partial charge in [0.1, 0.15) is 17.8 Å². The van der Waals surface area contributed by atoms with Gasteiger partial charge in [0, 0.05) is 43.5 Å².